The van der Waals surface area contributed by atoms with Gasteiger partial charge in [0.15, 0.2) is 5.78 Å². The molecule has 1 fully saturated rings. The average molecular weight is 280 g/mol. The van der Waals surface area contributed by atoms with Crippen molar-refractivity contribution in [3.8, 4) is 0 Å². The highest BCUT2D eigenvalue weighted by Gasteiger charge is 2.66. The molecule has 0 unspecified atom stereocenters. The van der Waals surface area contributed by atoms with Crippen molar-refractivity contribution in [2.45, 2.75) is 11.9 Å². The normalized spacial score (nSPS) is 36.4. The molecule has 2 bridgehead atoms. The summed E-state index contributed by atoms with van der Waals surface area (Å²) in [5, 5.41) is 0. The van der Waals surface area contributed by atoms with Crippen molar-refractivity contribution in [2.75, 3.05) is 21.3 Å². The molecule has 3 aliphatic carbocycles. The van der Waals surface area contributed by atoms with Gasteiger partial charge in [-0.25, -0.2) is 4.79 Å². The van der Waals surface area contributed by atoms with Gasteiger partial charge in [-0.05, 0) is 6.08 Å². The molecule has 1 aliphatic heterocycles. The van der Waals surface area contributed by atoms with E-state index in [4.69, 9.17) is 18.9 Å². The SMILES string of the molecule is COC(=O)C1=C[C@H]2C(=O)C(OC)(OC)[C@@H]1[C@H]1OC=C[C@H]12. The lowest BCUT2D eigenvalue weighted by Crippen LogP contribution is -2.66. The van der Waals surface area contributed by atoms with Crippen molar-refractivity contribution < 1.29 is 28.5 Å². The van der Waals surface area contributed by atoms with E-state index in [-0.39, 0.29) is 17.8 Å². The highest BCUT2D eigenvalue weighted by molar-refractivity contribution is 6.00. The third-order valence-corrected chi connectivity index (χ3v) is 4.44. The van der Waals surface area contributed by atoms with E-state index >= 15 is 0 Å². The Morgan fingerprint density at radius 1 is 1.30 bits per heavy atom. The van der Waals surface area contributed by atoms with E-state index in [9.17, 15) is 9.59 Å². The second-order valence-corrected chi connectivity index (χ2v) is 5.06. The van der Waals surface area contributed by atoms with Gasteiger partial charge in [-0.3, -0.25) is 4.79 Å². The minimum Gasteiger partial charge on any atom is -0.497 e. The molecule has 0 N–H and O–H groups in total. The monoisotopic (exact) mass is 280 g/mol. The smallest absolute Gasteiger partial charge is 0.334 e. The summed E-state index contributed by atoms with van der Waals surface area (Å²) in [6.45, 7) is 0. The molecule has 0 amide bonds. The zero-order chi connectivity index (χ0) is 14.5. The third-order valence-electron chi connectivity index (χ3n) is 4.44. The summed E-state index contributed by atoms with van der Waals surface area (Å²) in [5.41, 5.74) is 0.380. The van der Waals surface area contributed by atoms with E-state index in [2.05, 4.69) is 0 Å². The Hall–Kier alpha value is -1.66. The number of methoxy groups -OCH3 is 3. The van der Waals surface area contributed by atoms with Crippen molar-refractivity contribution in [3.63, 3.8) is 0 Å². The van der Waals surface area contributed by atoms with Crippen LogP contribution in [0.15, 0.2) is 24.0 Å². The van der Waals surface area contributed by atoms with Crippen LogP contribution in [0, 0.1) is 17.8 Å². The van der Waals surface area contributed by atoms with Gasteiger partial charge in [0.25, 0.3) is 0 Å². The molecule has 4 rings (SSSR count). The molecule has 0 aromatic rings. The number of ether oxygens (including phenoxy) is 4. The molecule has 4 atom stereocenters. The Balaban J connectivity index is 2.14. The Bertz CT molecular complexity index is 516. The number of carbonyl (C=O) groups is 2. The maximum Gasteiger partial charge on any atom is 0.334 e. The van der Waals surface area contributed by atoms with Gasteiger partial charge in [0.2, 0.25) is 5.79 Å². The summed E-state index contributed by atoms with van der Waals surface area (Å²) in [5.74, 6) is -3.38. The maximum atomic E-state index is 12.6. The fourth-order valence-electron chi connectivity index (χ4n) is 3.55. The molecule has 20 heavy (non-hydrogen) atoms. The summed E-state index contributed by atoms with van der Waals surface area (Å²) in [6.07, 6.45) is 4.73. The van der Waals surface area contributed by atoms with Crippen molar-refractivity contribution in [3.05, 3.63) is 24.0 Å². The largest absolute Gasteiger partial charge is 0.497 e. The first-order valence-electron chi connectivity index (χ1n) is 6.37. The lowest BCUT2D eigenvalue weighted by Gasteiger charge is -2.51. The lowest BCUT2D eigenvalue weighted by atomic mass is 9.60. The Morgan fingerprint density at radius 2 is 2.00 bits per heavy atom. The number of hydrogen-bond donors (Lipinski definition) is 0. The second-order valence-electron chi connectivity index (χ2n) is 5.06. The highest BCUT2D eigenvalue weighted by atomic mass is 16.7. The van der Waals surface area contributed by atoms with Crippen LogP contribution in [-0.4, -0.2) is 45.0 Å². The molecule has 0 radical (unpaired) electrons. The number of ketones is 1. The third kappa shape index (κ3) is 1.40. The number of Topliss-reactive ketones (excluding diaryl/α,β-unsaturated/α-hetero) is 1. The lowest BCUT2D eigenvalue weighted by molar-refractivity contribution is -0.255. The van der Waals surface area contributed by atoms with Gasteiger partial charge in [-0.15, -0.1) is 0 Å². The predicted octanol–water partition coefficient (Wildman–Crippen LogP) is 0.432. The van der Waals surface area contributed by atoms with Crippen molar-refractivity contribution in [1.29, 1.82) is 0 Å². The highest BCUT2D eigenvalue weighted by Crippen LogP contribution is 2.53. The fourth-order valence-corrected chi connectivity index (χ4v) is 3.55. The molecule has 4 aliphatic rings. The summed E-state index contributed by atoms with van der Waals surface area (Å²) < 4.78 is 21.1. The maximum absolute atomic E-state index is 12.6. The van der Waals surface area contributed by atoms with Crippen LogP contribution in [0.2, 0.25) is 0 Å². The van der Waals surface area contributed by atoms with E-state index < -0.39 is 23.6 Å². The van der Waals surface area contributed by atoms with Crippen LogP contribution < -0.4 is 0 Å². The van der Waals surface area contributed by atoms with Gasteiger partial charge in [0.05, 0.1) is 25.2 Å². The van der Waals surface area contributed by atoms with Crippen LogP contribution in [0.5, 0.6) is 0 Å². The van der Waals surface area contributed by atoms with Gasteiger partial charge in [0, 0.05) is 25.7 Å². The molecule has 6 nitrogen and oxygen atoms in total. The molecule has 108 valence electrons. The molecule has 0 spiro atoms. The van der Waals surface area contributed by atoms with Crippen LogP contribution >= 0.6 is 0 Å². The van der Waals surface area contributed by atoms with Crippen LogP contribution in [0.4, 0.5) is 0 Å². The van der Waals surface area contributed by atoms with Crippen molar-refractivity contribution >= 4 is 11.8 Å². The van der Waals surface area contributed by atoms with Gasteiger partial charge >= 0.3 is 5.97 Å². The van der Waals surface area contributed by atoms with Gasteiger partial charge in [-0.1, -0.05) is 6.08 Å². The van der Waals surface area contributed by atoms with Crippen LogP contribution in [0.25, 0.3) is 0 Å². The first kappa shape index (κ1) is 13.3. The van der Waals surface area contributed by atoms with E-state index in [0.29, 0.717) is 5.57 Å². The van der Waals surface area contributed by atoms with Crippen LogP contribution in [0.3, 0.4) is 0 Å². The number of rotatable bonds is 3. The quantitative estimate of drug-likeness (QED) is 0.551. The second kappa shape index (κ2) is 4.43. The first-order chi connectivity index (χ1) is 9.60. The Kier molecular flexibility index (Phi) is 2.95. The summed E-state index contributed by atoms with van der Waals surface area (Å²) >= 11 is 0. The number of carbonyl (C=O) groups excluding carboxylic acids is 2. The van der Waals surface area contributed by atoms with Crippen molar-refractivity contribution in [1.82, 2.24) is 0 Å². The zero-order valence-corrected chi connectivity index (χ0v) is 11.5. The van der Waals surface area contributed by atoms with E-state index in [1.54, 1.807) is 12.3 Å². The molecule has 1 heterocycles. The van der Waals surface area contributed by atoms with Gasteiger partial charge in [0.1, 0.15) is 6.10 Å². The topological polar surface area (TPSA) is 71.1 Å². The predicted molar refractivity (Wildman–Crippen MR) is 66.3 cm³/mol. The number of esters is 1. The molecule has 0 aromatic heterocycles. The van der Waals surface area contributed by atoms with E-state index in [0.717, 1.165) is 0 Å². The van der Waals surface area contributed by atoms with Crippen LogP contribution in [0.1, 0.15) is 0 Å². The Labute approximate surface area is 116 Å². The van der Waals surface area contributed by atoms with Gasteiger partial charge in [-0.2, -0.15) is 0 Å². The molecule has 6 heteroatoms. The zero-order valence-electron chi connectivity index (χ0n) is 11.5. The molecule has 0 saturated heterocycles. The van der Waals surface area contributed by atoms with Gasteiger partial charge < -0.3 is 18.9 Å². The van der Waals surface area contributed by atoms with Crippen molar-refractivity contribution in [2.24, 2.45) is 17.8 Å². The fraction of sp³-hybridized carbons (Fsp3) is 0.571. The molecular weight excluding hydrogens is 264 g/mol. The minimum atomic E-state index is -1.49. The number of allylic oxidation sites excluding steroid dienone is 1. The first-order valence-corrected chi connectivity index (χ1v) is 6.37. The summed E-state index contributed by atoms with van der Waals surface area (Å²) in [4.78, 5) is 24.6. The van der Waals surface area contributed by atoms with Crippen LogP contribution in [-0.2, 0) is 28.5 Å². The summed E-state index contributed by atoms with van der Waals surface area (Å²) in [7, 11) is 4.10. The average Bonchev–Trinajstić information content (AvgIpc) is 2.97. The summed E-state index contributed by atoms with van der Waals surface area (Å²) in [6, 6.07) is 0. The number of hydrogen-bond acceptors (Lipinski definition) is 6. The molecule has 0 aromatic carbocycles. The van der Waals surface area contributed by atoms with E-state index in [1.165, 1.54) is 21.3 Å². The molecular formula is C14H16O6. The Morgan fingerprint density at radius 3 is 2.60 bits per heavy atom. The number of fused-ring (bicyclic) bond motifs is 1. The van der Waals surface area contributed by atoms with E-state index in [1.807, 2.05) is 6.08 Å². The standard InChI is InChI=1S/C14H16O6/c1-17-13(16)9-6-8-7-4-5-20-11(7)10(9)14(18-2,19-3)12(8)15/h4-8,10-11H,1-3H3/t7-,8+,10-,11-/m0/s1. The minimum absolute atomic E-state index is 0.0840. The molecule has 1 saturated carbocycles.